The Morgan fingerprint density at radius 1 is 1.19 bits per heavy atom. The first-order chi connectivity index (χ1) is 12.9. The van der Waals surface area contributed by atoms with Crippen molar-refractivity contribution >= 4 is 28.6 Å². The van der Waals surface area contributed by atoms with E-state index in [1.165, 1.54) is 0 Å². The second kappa shape index (κ2) is 7.88. The van der Waals surface area contributed by atoms with Gasteiger partial charge in [0, 0.05) is 17.5 Å². The molecule has 0 saturated heterocycles. The van der Waals surface area contributed by atoms with E-state index < -0.39 is 5.97 Å². The molecule has 1 aromatic heterocycles. The molecule has 7 heteroatoms. The summed E-state index contributed by atoms with van der Waals surface area (Å²) in [5, 5.41) is 9.81. The molecule has 0 aliphatic heterocycles. The number of imidazole rings is 1. The molecule has 0 fully saturated rings. The zero-order chi connectivity index (χ0) is 19.6. The Morgan fingerprint density at radius 3 is 2.59 bits per heavy atom. The Labute approximate surface area is 162 Å². The number of rotatable bonds is 7. The van der Waals surface area contributed by atoms with Crippen LogP contribution in [0.4, 0.5) is 0 Å². The van der Waals surface area contributed by atoms with E-state index in [9.17, 15) is 9.90 Å². The number of methoxy groups -OCH3 is 2. The maximum Gasteiger partial charge on any atom is 0.305 e. The van der Waals surface area contributed by atoms with Crippen LogP contribution in [0.1, 0.15) is 30.8 Å². The quantitative estimate of drug-likeness (QED) is 0.652. The van der Waals surface area contributed by atoms with Crippen molar-refractivity contribution in [3.8, 4) is 11.5 Å². The zero-order valence-corrected chi connectivity index (χ0v) is 16.2. The Balaban J connectivity index is 2.06. The molecule has 1 atom stereocenters. The van der Waals surface area contributed by atoms with Gasteiger partial charge in [0.05, 0.1) is 31.7 Å². The van der Waals surface area contributed by atoms with E-state index in [0.29, 0.717) is 22.9 Å². The molecular weight excluding hydrogens is 368 g/mol. The van der Waals surface area contributed by atoms with Gasteiger partial charge in [0.25, 0.3) is 0 Å². The van der Waals surface area contributed by atoms with Crippen LogP contribution >= 0.6 is 11.6 Å². The fraction of sp³-hybridized carbons (Fsp3) is 0.300. The minimum Gasteiger partial charge on any atom is -0.493 e. The Morgan fingerprint density at radius 2 is 1.93 bits per heavy atom. The molecule has 2 aromatic carbocycles. The van der Waals surface area contributed by atoms with Crippen molar-refractivity contribution in [2.75, 3.05) is 14.2 Å². The standard InChI is InChI=1S/C20H21ClN2O4/c1-12(8-20(24)25)23-16-6-5-14(21)11-15(16)22-19(23)10-13-4-7-17(26-2)18(9-13)27-3/h4-7,9,11-12H,8,10H2,1-3H3,(H,24,25). The lowest BCUT2D eigenvalue weighted by molar-refractivity contribution is -0.137. The summed E-state index contributed by atoms with van der Waals surface area (Å²) < 4.78 is 12.6. The zero-order valence-electron chi connectivity index (χ0n) is 15.4. The molecule has 0 aliphatic rings. The van der Waals surface area contributed by atoms with Gasteiger partial charge in [-0.2, -0.15) is 0 Å². The first-order valence-corrected chi connectivity index (χ1v) is 8.89. The lowest BCUT2D eigenvalue weighted by Crippen LogP contribution is -2.13. The predicted octanol–water partition coefficient (Wildman–Crippen LogP) is 4.33. The van der Waals surface area contributed by atoms with Crippen molar-refractivity contribution in [2.24, 2.45) is 0 Å². The van der Waals surface area contributed by atoms with Gasteiger partial charge >= 0.3 is 5.97 Å². The van der Waals surface area contributed by atoms with Crippen LogP contribution in [0.2, 0.25) is 5.02 Å². The number of benzene rings is 2. The molecule has 3 rings (SSSR count). The summed E-state index contributed by atoms with van der Waals surface area (Å²) in [5.41, 5.74) is 2.59. The minimum absolute atomic E-state index is 0.00696. The molecule has 0 amide bonds. The van der Waals surface area contributed by atoms with Crippen LogP contribution in [-0.2, 0) is 11.2 Å². The molecule has 3 aromatic rings. The van der Waals surface area contributed by atoms with Crippen molar-refractivity contribution in [1.29, 1.82) is 0 Å². The summed E-state index contributed by atoms with van der Waals surface area (Å²) in [6.07, 6.45) is 0.531. The van der Waals surface area contributed by atoms with Crippen LogP contribution in [0.15, 0.2) is 36.4 Å². The van der Waals surface area contributed by atoms with Gasteiger partial charge in [-0.25, -0.2) is 4.98 Å². The van der Waals surface area contributed by atoms with E-state index in [1.807, 2.05) is 35.8 Å². The first kappa shape index (κ1) is 19.0. The average Bonchev–Trinajstić information content (AvgIpc) is 2.97. The van der Waals surface area contributed by atoms with Crippen molar-refractivity contribution in [3.05, 3.63) is 52.8 Å². The summed E-state index contributed by atoms with van der Waals surface area (Å²) >= 11 is 6.10. The molecule has 6 nitrogen and oxygen atoms in total. The molecule has 0 radical (unpaired) electrons. The molecular formula is C20H21ClN2O4. The van der Waals surface area contributed by atoms with Gasteiger partial charge in [-0.15, -0.1) is 0 Å². The van der Waals surface area contributed by atoms with Crippen molar-refractivity contribution in [1.82, 2.24) is 9.55 Å². The van der Waals surface area contributed by atoms with E-state index >= 15 is 0 Å². The molecule has 0 saturated carbocycles. The number of aromatic nitrogens is 2. The Kier molecular flexibility index (Phi) is 5.56. The number of ether oxygens (including phenoxy) is 2. The molecule has 0 aliphatic carbocycles. The van der Waals surface area contributed by atoms with Gasteiger partial charge in [0.2, 0.25) is 0 Å². The molecule has 0 bridgehead atoms. The Bertz CT molecular complexity index is 984. The third kappa shape index (κ3) is 4.01. The number of aliphatic carboxylic acids is 1. The summed E-state index contributed by atoms with van der Waals surface area (Å²) in [4.78, 5) is 15.9. The second-order valence-electron chi connectivity index (χ2n) is 6.34. The second-order valence-corrected chi connectivity index (χ2v) is 6.78. The number of carbonyl (C=O) groups is 1. The van der Waals surface area contributed by atoms with E-state index in [4.69, 9.17) is 26.1 Å². The van der Waals surface area contributed by atoms with Gasteiger partial charge in [-0.05, 0) is 42.8 Å². The maximum absolute atomic E-state index is 11.2. The van der Waals surface area contributed by atoms with Crippen LogP contribution in [0.3, 0.4) is 0 Å². The maximum atomic E-state index is 11.2. The van der Waals surface area contributed by atoms with Gasteiger partial charge in [-0.1, -0.05) is 17.7 Å². The molecule has 142 valence electrons. The number of carboxylic acids is 1. The molecule has 0 spiro atoms. The van der Waals surface area contributed by atoms with E-state index in [0.717, 1.165) is 22.4 Å². The molecule has 1 unspecified atom stereocenters. The van der Waals surface area contributed by atoms with Crippen LogP contribution in [0.25, 0.3) is 11.0 Å². The highest BCUT2D eigenvalue weighted by molar-refractivity contribution is 6.31. The van der Waals surface area contributed by atoms with Crippen LogP contribution in [0, 0.1) is 0 Å². The van der Waals surface area contributed by atoms with Crippen LogP contribution < -0.4 is 9.47 Å². The molecule has 27 heavy (non-hydrogen) atoms. The third-order valence-corrected chi connectivity index (χ3v) is 4.68. The monoisotopic (exact) mass is 388 g/mol. The van der Waals surface area contributed by atoms with Crippen molar-refractivity contribution < 1.29 is 19.4 Å². The third-order valence-electron chi connectivity index (χ3n) is 4.45. The number of halogens is 1. The normalized spacial score (nSPS) is 12.1. The number of nitrogens with zero attached hydrogens (tertiary/aromatic N) is 2. The van der Waals surface area contributed by atoms with E-state index in [-0.39, 0.29) is 12.5 Å². The van der Waals surface area contributed by atoms with Gasteiger partial charge < -0.3 is 19.1 Å². The molecule has 1 heterocycles. The first-order valence-electron chi connectivity index (χ1n) is 8.52. The van der Waals surface area contributed by atoms with E-state index in [1.54, 1.807) is 26.4 Å². The summed E-state index contributed by atoms with van der Waals surface area (Å²) in [6.45, 7) is 1.88. The van der Waals surface area contributed by atoms with Gasteiger partial charge in [0.1, 0.15) is 5.82 Å². The average molecular weight is 389 g/mol. The summed E-state index contributed by atoms with van der Waals surface area (Å²) in [6, 6.07) is 10.9. The van der Waals surface area contributed by atoms with Crippen molar-refractivity contribution in [2.45, 2.75) is 25.8 Å². The largest absolute Gasteiger partial charge is 0.493 e. The summed E-state index contributed by atoms with van der Waals surface area (Å²) in [7, 11) is 3.18. The number of hydrogen-bond donors (Lipinski definition) is 1. The number of carboxylic acid groups (broad SMARTS) is 1. The lowest BCUT2D eigenvalue weighted by atomic mass is 10.1. The Hall–Kier alpha value is -2.73. The summed E-state index contributed by atoms with van der Waals surface area (Å²) in [5.74, 6) is 1.21. The number of fused-ring (bicyclic) bond motifs is 1. The highest BCUT2D eigenvalue weighted by atomic mass is 35.5. The number of hydrogen-bond acceptors (Lipinski definition) is 4. The SMILES string of the molecule is COc1ccc(Cc2nc3cc(Cl)ccc3n2C(C)CC(=O)O)cc1OC. The molecule has 1 N–H and O–H groups in total. The van der Waals surface area contributed by atoms with E-state index in [2.05, 4.69) is 0 Å². The fourth-order valence-electron chi connectivity index (χ4n) is 3.26. The lowest BCUT2D eigenvalue weighted by Gasteiger charge is -2.16. The fourth-order valence-corrected chi connectivity index (χ4v) is 3.42. The highest BCUT2D eigenvalue weighted by Crippen LogP contribution is 2.30. The topological polar surface area (TPSA) is 73.6 Å². The highest BCUT2D eigenvalue weighted by Gasteiger charge is 2.19. The van der Waals surface area contributed by atoms with Gasteiger partial charge in [-0.3, -0.25) is 4.79 Å². The van der Waals surface area contributed by atoms with Crippen LogP contribution in [0.5, 0.6) is 11.5 Å². The minimum atomic E-state index is -0.851. The predicted molar refractivity (Wildman–Crippen MR) is 104 cm³/mol. The van der Waals surface area contributed by atoms with Crippen molar-refractivity contribution in [3.63, 3.8) is 0 Å². The smallest absolute Gasteiger partial charge is 0.305 e. The van der Waals surface area contributed by atoms with Crippen LogP contribution in [-0.4, -0.2) is 34.8 Å². The van der Waals surface area contributed by atoms with Gasteiger partial charge in [0.15, 0.2) is 11.5 Å².